The molecule has 1 aliphatic carbocycles. The quantitative estimate of drug-likeness (QED) is 0.372. The van der Waals surface area contributed by atoms with Crippen LogP contribution in [-0.2, 0) is 13.1 Å². The molecule has 0 radical (unpaired) electrons. The zero-order valence-corrected chi connectivity index (χ0v) is 17.7. The first-order valence-corrected chi connectivity index (χ1v) is 8.81. The van der Waals surface area contributed by atoms with Crippen LogP contribution in [0.15, 0.2) is 47.6 Å². The van der Waals surface area contributed by atoms with Crippen molar-refractivity contribution in [3.05, 3.63) is 59.3 Å². The number of nitrogens with zero attached hydrogens (tertiary/aromatic N) is 2. The second-order valence-electron chi connectivity index (χ2n) is 6.46. The van der Waals surface area contributed by atoms with Crippen molar-refractivity contribution >= 4 is 29.9 Å². The zero-order chi connectivity index (χ0) is 17.5. The van der Waals surface area contributed by atoms with Gasteiger partial charge in [-0.15, -0.1) is 24.0 Å². The van der Waals surface area contributed by atoms with E-state index in [-0.39, 0.29) is 24.0 Å². The van der Waals surface area contributed by atoms with Crippen LogP contribution in [0.4, 0.5) is 0 Å². The normalized spacial score (nSPS) is 13.7. The fraction of sp³-hybridized carbons (Fsp3) is 0.400. The summed E-state index contributed by atoms with van der Waals surface area (Å²) in [7, 11) is 1.78. The molecule has 0 saturated heterocycles. The maximum atomic E-state index is 5.74. The number of aromatic nitrogens is 1. The molecule has 5 nitrogen and oxygen atoms in total. The predicted octanol–water partition coefficient (Wildman–Crippen LogP) is 3.66. The van der Waals surface area contributed by atoms with Crippen molar-refractivity contribution < 1.29 is 4.74 Å². The van der Waals surface area contributed by atoms with Crippen LogP contribution >= 0.6 is 24.0 Å². The molecule has 1 fully saturated rings. The number of hydrogen-bond donors (Lipinski definition) is 2. The summed E-state index contributed by atoms with van der Waals surface area (Å²) in [4.78, 5) is 8.56. The van der Waals surface area contributed by atoms with Gasteiger partial charge in [0.25, 0.3) is 0 Å². The summed E-state index contributed by atoms with van der Waals surface area (Å²) >= 11 is 0. The predicted molar refractivity (Wildman–Crippen MR) is 116 cm³/mol. The van der Waals surface area contributed by atoms with E-state index >= 15 is 0 Å². The summed E-state index contributed by atoms with van der Waals surface area (Å²) in [6.07, 6.45) is 4.36. The minimum absolute atomic E-state index is 0. The van der Waals surface area contributed by atoms with E-state index in [9.17, 15) is 0 Å². The Morgan fingerprint density at radius 3 is 2.69 bits per heavy atom. The van der Waals surface area contributed by atoms with Gasteiger partial charge in [0.05, 0.1) is 6.61 Å². The Kier molecular flexibility index (Phi) is 8.15. The highest BCUT2D eigenvalue weighted by Gasteiger charge is 2.22. The molecular weight excluding hydrogens is 439 g/mol. The summed E-state index contributed by atoms with van der Waals surface area (Å²) in [5.74, 6) is 2.21. The molecule has 1 heterocycles. The van der Waals surface area contributed by atoms with Crippen LogP contribution in [0.25, 0.3) is 0 Å². The molecule has 0 aliphatic heterocycles. The Morgan fingerprint density at radius 2 is 1.96 bits per heavy atom. The fourth-order valence-corrected chi connectivity index (χ4v) is 2.52. The molecule has 0 unspecified atom stereocenters. The van der Waals surface area contributed by atoms with E-state index in [0.717, 1.165) is 30.6 Å². The van der Waals surface area contributed by atoms with Gasteiger partial charge in [-0.25, -0.2) is 4.98 Å². The first-order chi connectivity index (χ1) is 12.2. The van der Waals surface area contributed by atoms with E-state index < -0.39 is 0 Å². The van der Waals surface area contributed by atoms with E-state index in [4.69, 9.17) is 4.74 Å². The van der Waals surface area contributed by atoms with Gasteiger partial charge in [0.15, 0.2) is 5.96 Å². The van der Waals surface area contributed by atoms with Crippen molar-refractivity contribution in [3.63, 3.8) is 0 Å². The lowest BCUT2D eigenvalue weighted by Gasteiger charge is -2.13. The molecule has 1 saturated carbocycles. The molecule has 0 bridgehead atoms. The maximum Gasteiger partial charge on any atom is 0.213 e. The van der Waals surface area contributed by atoms with Crippen LogP contribution in [0, 0.1) is 12.8 Å². The number of pyridine rings is 1. The lowest BCUT2D eigenvalue weighted by molar-refractivity contribution is 0.288. The van der Waals surface area contributed by atoms with Gasteiger partial charge in [0.2, 0.25) is 5.88 Å². The lowest BCUT2D eigenvalue weighted by Crippen LogP contribution is -2.36. The molecule has 0 amide bonds. The standard InChI is InChI=1S/C20H26N4O.HI/c1-15-5-3-4-6-18(15)13-24-20(21-2)23-12-17-9-10-22-19(11-17)25-14-16-7-8-16;/h3-6,9-11,16H,7-8,12-14H2,1-2H3,(H2,21,23,24);1H. The van der Waals surface area contributed by atoms with Gasteiger partial charge in [0, 0.05) is 32.4 Å². The number of hydrogen-bond acceptors (Lipinski definition) is 3. The Labute approximate surface area is 172 Å². The van der Waals surface area contributed by atoms with Gasteiger partial charge in [-0.2, -0.15) is 0 Å². The van der Waals surface area contributed by atoms with Crippen molar-refractivity contribution in [1.82, 2.24) is 15.6 Å². The van der Waals surface area contributed by atoms with Crippen LogP contribution in [-0.4, -0.2) is 24.6 Å². The van der Waals surface area contributed by atoms with E-state index in [0.29, 0.717) is 12.4 Å². The topological polar surface area (TPSA) is 58.5 Å². The minimum atomic E-state index is 0. The molecular formula is C20H27IN4O. The molecule has 1 aromatic carbocycles. The summed E-state index contributed by atoms with van der Waals surface area (Å²) in [6, 6.07) is 12.3. The lowest BCUT2D eigenvalue weighted by atomic mass is 10.1. The van der Waals surface area contributed by atoms with Gasteiger partial charge in [0.1, 0.15) is 0 Å². The number of ether oxygens (including phenoxy) is 1. The number of benzene rings is 1. The molecule has 0 spiro atoms. The van der Waals surface area contributed by atoms with E-state index in [1.165, 1.54) is 24.0 Å². The Balaban J connectivity index is 0.00000243. The van der Waals surface area contributed by atoms with Crippen LogP contribution < -0.4 is 15.4 Å². The summed E-state index contributed by atoms with van der Waals surface area (Å²) in [5, 5.41) is 6.69. The third kappa shape index (κ3) is 6.48. The summed E-state index contributed by atoms with van der Waals surface area (Å²) in [6.45, 7) is 4.32. The van der Waals surface area contributed by atoms with Gasteiger partial charge < -0.3 is 15.4 Å². The minimum Gasteiger partial charge on any atom is -0.477 e. The van der Waals surface area contributed by atoms with Crippen LogP contribution in [0.3, 0.4) is 0 Å². The number of guanidine groups is 1. The first-order valence-electron chi connectivity index (χ1n) is 8.81. The average Bonchev–Trinajstić information content (AvgIpc) is 3.46. The highest BCUT2D eigenvalue weighted by Crippen LogP contribution is 2.29. The van der Waals surface area contributed by atoms with Gasteiger partial charge in [-0.05, 0) is 48.4 Å². The first kappa shape index (κ1) is 20.5. The average molecular weight is 466 g/mol. The van der Waals surface area contributed by atoms with Crippen LogP contribution in [0.5, 0.6) is 5.88 Å². The van der Waals surface area contributed by atoms with E-state index in [1.807, 2.05) is 12.1 Å². The third-order valence-electron chi connectivity index (χ3n) is 4.35. The number of nitrogens with one attached hydrogen (secondary N) is 2. The zero-order valence-electron chi connectivity index (χ0n) is 15.4. The molecule has 3 rings (SSSR count). The van der Waals surface area contributed by atoms with Gasteiger partial charge in [-0.1, -0.05) is 24.3 Å². The fourth-order valence-electron chi connectivity index (χ4n) is 2.52. The molecule has 0 atom stereocenters. The molecule has 1 aromatic heterocycles. The van der Waals surface area contributed by atoms with E-state index in [2.05, 4.69) is 51.8 Å². The van der Waals surface area contributed by atoms with Crippen LogP contribution in [0.2, 0.25) is 0 Å². The molecule has 1 aliphatic rings. The van der Waals surface area contributed by atoms with Crippen molar-refractivity contribution in [2.75, 3.05) is 13.7 Å². The monoisotopic (exact) mass is 466 g/mol. The molecule has 6 heteroatoms. The number of halogens is 1. The molecule has 26 heavy (non-hydrogen) atoms. The molecule has 2 N–H and O–H groups in total. The number of aryl methyl sites for hydroxylation is 1. The van der Waals surface area contributed by atoms with Crippen molar-refractivity contribution in [2.24, 2.45) is 10.9 Å². The summed E-state index contributed by atoms with van der Waals surface area (Å²) in [5.41, 5.74) is 3.67. The van der Waals surface area contributed by atoms with E-state index in [1.54, 1.807) is 13.2 Å². The second-order valence-corrected chi connectivity index (χ2v) is 6.46. The highest BCUT2D eigenvalue weighted by atomic mass is 127. The third-order valence-corrected chi connectivity index (χ3v) is 4.35. The van der Waals surface area contributed by atoms with Gasteiger partial charge in [-0.3, -0.25) is 4.99 Å². The smallest absolute Gasteiger partial charge is 0.213 e. The summed E-state index contributed by atoms with van der Waals surface area (Å²) < 4.78 is 5.74. The SMILES string of the molecule is CN=C(NCc1ccnc(OCC2CC2)c1)NCc1ccccc1C.I. The molecule has 140 valence electrons. The Hall–Kier alpha value is -1.83. The van der Waals surface area contributed by atoms with Crippen molar-refractivity contribution in [2.45, 2.75) is 32.9 Å². The largest absolute Gasteiger partial charge is 0.477 e. The maximum absolute atomic E-state index is 5.74. The Bertz CT molecular complexity index is 731. The second kappa shape index (κ2) is 10.4. The number of aliphatic imine (C=N–C) groups is 1. The molecule has 2 aromatic rings. The Morgan fingerprint density at radius 1 is 1.19 bits per heavy atom. The van der Waals surface area contributed by atoms with Crippen LogP contribution in [0.1, 0.15) is 29.5 Å². The van der Waals surface area contributed by atoms with Crippen molar-refractivity contribution in [3.8, 4) is 5.88 Å². The number of rotatable bonds is 7. The van der Waals surface area contributed by atoms with Crippen molar-refractivity contribution in [1.29, 1.82) is 0 Å². The highest BCUT2D eigenvalue weighted by molar-refractivity contribution is 14.0. The van der Waals surface area contributed by atoms with Gasteiger partial charge >= 0.3 is 0 Å².